The van der Waals surface area contributed by atoms with E-state index in [0.717, 1.165) is 12.8 Å². The monoisotopic (exact) mass is 212 g/mol. The number of carbonyl (C=O) groups excluding carboxylic acids is 1. The lowest BCUT2D eigenvalue weighted by molar-refractivity contribution is 0.0499. The molecule has 0 spiro atoms. The van der Waals surface area contributed by atoms with Crippen molar-refractivity contribution in [2.45, 2.75) is 51.3 Å². The SMILES string of the molecule is CC(C)(C)OC(=O)NC1CCC2[C@@H]1[C@@H]2N. The largest absolute Gasteiger partial charge is 0.444 e. The third-order valence-electron chi connectivity index (χ3n) is 3.27. The number of nitrogens with one attached hydrogen (secondary N) is 1. The summed E-state index contributed by atoms with van der Waals surface area (Å²) >= 11 is 0. The van der Waals surface area contributed by atoms with Crippen molar-refractivity contribution < 1.29 is 9.53 Å². The van der Waals surface area contributed by atoms with E-state index in [4.69, 9.17) is 10.5 Å². The molecule has 2 unspecified atom stereocenters. The molecule has 0 radical (unpaired) electrons. The number of hydrogen-bond acceptors (Lipinski definition) is 3. The summed E-state index contributed by atoms with van der Waals surface area (Å²) in [4.78, 5) is 11.5. The molecule has 0 bridgehead atoms. The van der Waals surface area contributed by atoms with E-state index < -0.39 is 5.60 Å². The van der Waals surface area contributed by atoms with Crippen LogP contribution in [0.4, 0.5) is 4.79 Å². The normalized spacial score (nSPS) is 38.4. The minimum absolute atomic E-state index is 0.236. The van der Waals surface area contributed by atoms with Crippen molar-refractivity contribution in [1.82, 2.24) is 5.32 Å². The molecule has 0 aromatic carbocycles. The van der Waals surface area contributed by atoms with E-state index in [0.29, 0.717) is 17.9 Å². The average molecular weight is 212 g/mol. The molecule has 0 aromatic heterocycles. The van der Waals surface area contributed by atoms with Crippen LogP contribution in [0.3, 0.4) is 0 Å². The smallest absolute Gasteiger partial charge is 0.407 e. The predicted molar refractivity (Wildman–Crippen MR) is 57.3 cm³/mol. The standard InChI is InChI=1S/C11H20N2O2/c1-11(2,3)15-10(14)13-7-5-4-6-8(7)9(6)12/h6-9H,4-5,12H2,1-3H3,(H,13,14)/t6?,7?,8-,9+/m0/s1. The molecule has 2 aliphatic carbocycles. The van der Waals surface area contributed by atoms with Crippen LogP contribution in [0.2, 0.25) is 0 Å². The summed E-state index contributed by atoms with van der Waals surface area (Å²) in [6.45, 7) is 5.60. The second-order valence-electron chi connectivity index (χ2n) is 5.65. The fraction of sp³-hybridized carbons (Fsp3) is 0.909. The van der Waals surface area contributed by atoms with Crippen molar-refractivity contribution in [1.29, 1.82) is 0 Å². The highest BCUT2D eigenvalue weighted by Crippen LogP contribution is 2.50. The van der Waals surface area contributed by atoms with Crippen LogP contribution in [-0.4, -0.2) is 23.8 Å². The third-order valence-corrected chi connectivity index (χ3v) is 3.27. The van der Waals surface area contributed by atoms with Crippen molar-refractivity contribution in [3.8, 4) is 0 Å². The van der Waals surface area contributed by atoms with Gasteiger partial charge in [-0.15, -0.1) is 0 Å². The van der Waals surface area contributed by atoms with Crippen LogP contribution in [0.5, 0.6) is 0 Å². The summed E-state index contributed by atoms with van der Waals surface area (Å²) in [5.41, 5.74) is 5.45. The summed E-state index contributed by atoms with van der Waals surface area (Å²) in [6, 6.07) is 0.540. The summed E-state index contributed by atoms with van der Waals surface area (Å²) in [5.74, 6) is 1.14. The van der Waals surface area contributed by atoms with Crippen LogP contribution in [0.1, 0.15) is 33.6 Å². The quantitative estimate of drug-likeness (QED) is 0.687. The zero-order valence-electron chi connectivity index (χ0n) is 9.62. The molecule has 2 aliphatic rings. The van der Waals surface area contributed by atoms with E-state index in [1.54, 1.807) is 0 Å². The lowest BCUT2D eigenvalue weighted by Gasteiger charge is -2.22. The minimum Gasteiger partial charge on any atom is -0.444 e. The van der Waals surface area contributed by atoms with Gasteiger partial charge >= 0.3 is 6.09 Å². The lowest BCUT2D eigenvalue weighted by atomic mass is 10.1. The molecule has 2 saturated carbocycles. The molecule has 3 N–H and O–H groups in total. The maximum absolute atomic E-state index is 11.5. The van der Waals surface area contributed by atoms with Gasteiger partial charge in [0.25, 0.3) is 0 Å². The Morgan fingerprint density at radius 1 is 1.40 bits per heavy atom. The maximum Gasteiger partial charge on any atom is 0.407 e. The Hall–Kier alpha value is -0.770. The van der Waals surface area contributed by atoms with Crippen molar-refractivity contribution >= 4 is 6.09 Å². The molecule has 15 heavy (non-hydrogen) atoms. The molecule has 0 heterocycles. The first-order chi connectivity index (χ1) is 6.88. The zero-order chi connectivity index (χ0) is 11.2. The van der Waals surface area contributed by atoms with Crippen molar-refractivity contribution in [2.24, 2.45) is 17.6 Å². The summed E-state index contributed by atoms with van der Waals surface area (Å²) in [7, 11) is 0. The molecule has 4 atom stereocenters. The molecule has 0 saturated heterocycles. The van der Waals surface area contributed by atoms with Gasteiger partial charge in [0.1, 0.15) is 5.60 Å². The molecular weight excluding hydrogens is 192 g/mol. The van der Waals surface area contributed by atoms with Crippen LogP contribution in [0.15, 0.2) is 0 Å². The van der Waals surface area contributed by atoms with Crippen LogP contribution < -0.4 is 11.1 Å². The average Bonchev–Trinajstić information content (AvgIpc) is 2.52. The Kier molecular flexibility index (Phi) is 2.41. The second-order valence-corrected chi connectivity index (χ2v) is 5.65. The van der Waals surface area contributed by atoms with Crippen LogP contribution in [0, 0.1) is 11.8 Å². The number of hydrogen-bond donors (Lipinski definition) is 2. The molecule has 4 nitrogen and oxygen atoms in total. The number of nitrogens with two attached hydrogens (primary N) is 1. The van der Waals surface area contributed by atoms with Gasteiger partial charge in [-0.3, -0.25) is 0 Å². The fourth-order valence-electron chi connectivity index (χ4n) is 2.57. The summed E-state index contributed by atoms with van der Waals surface area (Å²) < 4.78 is 5.21. The Morgan fingerprint density at radius 2 is 2.07 bits per heavy atom. The zero-order valence-corrected chi connectivity index (χ0v) is 9.62. The third kappa shape index (κ3) is 2.25. The van der Waals surface area contributed by atoms with Crippen LogP contribution in [-0.2, 0) is 4.74 Å². The van der Waals surface area contributed by atoms with Crippen molar-refractivity contribution in [3.05, 3.63) is 0 Å². The maximum atomic E-state index is 11.5. The summed E-state index contributed by atoms with van der Waals surface area (Å²) in [6.07, 6.45) is 1.88. The Bertz CT molecular complexity index is 272. The molecule has 4 heteroatoms. The molecule has 1 amide bonds. The first kappa shape index (κ1) is 10.7. The van der Waals surface area contributed by atoms with E-state index in [1.165, 1.54) is 0 Å². The van der Waals surface area contributed by atoms with Gasteiger partial charge in [0.15, 0.2) is 0 Å². The van der Waals surface area contributed by atoms with E-state index in [9.17, 15) is 4.79 Å². The first-order valence-corrected chi connectivity index (χ1v) is 5.63. The van der Waals surface area contributed by atoms with Gasteiger partial charge in [0.2, 0.25) is 0 Å². The van der Waals surface area contributed by atoms with E-state index in [-0.39, 0.29) is 12.1 Å². The molecule has 2 rings (SSSR count). The van der Waals surface area contributed by atoms with Gasteiger partial charge in [-0.05, 0) is 45.4 Å². The highest BCUT2D eigenvalue weighted by atomic mass is 16.6. The molecular formula is C11H20N2O2. The van der Waals surface area contributed by atoms with Gasteiger partial charge in [0.05, 0.1) is 0 Å². The Balaban J connectivity index is 1.80. The molecule has 2 fully saturated rings. The van der Waals surface area contributed by atoms with Gasteiger partial charge in [0, 0.05) is 12.1 Å². The number of amides is 1. The van der Waals surface area contributed by atoms with E-state index in [1.807, 2.05) is 20.8 Å². The molecule has 0 aromatic rings. The number of fused-ring (bicyclic) bond motifs is 1. The number of rotatable bonds is 1. The van der Waals surface area contributed by atoms with Crippen molar-refractivity contribution in [3.63, 3.8) is 0 Å². The van der Waals surface area contributed by atoms with E-state index >= 15 is 0 Å². The minimum atomic E-state index is -0.423. The van der Waals surface area contributed by atoms with Gasteiger partial charge < -0.3 is 15.8 Å². The topological polar surface area (TPSA) is 64.3 Å². The van der Waals surface area contributed by atoms with Crippen molar-refractivity contribution in [2.75, 3.05) is 0 Å². The van der Waals surface area contributed by atoms with Gasteiger partial charge in [-0.25, -0.2) is 4.79 Å². The molecule has 0 aliphatic heterocycles. The highest BCUT2D eigenvalue weighted by molar-refractivity contribution is 5.68. The van der Waals surface area contributed by atoms with Gasteiger partial charge in [-0.2, -0.15) is 0 Å². The number of ether oxygens (including phenoxy) is 1. The van der Waals surface area contributed by atoms with E-state index in [2.05, 4.69) is 5.32 Å². The number of carbonyl (C=O) groups is 1. The molecule has 86 valence electrons. The second kappa shape index (κ2) is 3.37. The fourth-order valence-corrected chi connectivity index (χ4v) is 2.57. The number of alkyl carbamates (subject to hydrolysis) is 1. The Labute approximate surface area is 90.5 Å². The Morgan fingerprint density at radius 3 is 2.53 bits per heavy atom. The lowest BCUT2D eigenvalue weighted by Crippen LogP contribution is -2.40. The highest BCUT2D eigenvalue weighted by Gasteiger charge is 2.56. The first-order valence-electron chi connectivity index (χ1n) is 5.63. The van der Waals surface area contributed by atoms with Crippen LogP contribution in [0.25, 0.3) is 0 Å². The van der Waals surface area contributed by atoms with Crippen LogP contribution >= 0.6 is 0 Å². The predicted octanol–water partition coefficient (Wildman–Crippen LogP) is 1.25. The van der Waals surface area contributed by atoms with Gasteiger partial charge in [-0.1, -0.05) is 0 Å². The summed E-state index contributed by atoms with van der Waals surface area (Å²) in [5, 5.41) is 2.92.